The van der Waals surface area contributed by atoms with Crippen LogP contribution in [0.1, 0.15) is 11.1 Å². The van der Waals surface area contributed by atoms with Gasteiger partial charge in [-0.3, -0.25) is 4.79 Å². The predicted molar refractivity (Wildman–Crippen MR) is 71.3 cm³/mol. The molecule has 0 atom stereocenters. The van der Waals surface area contributed by atoms with Gasteiger partial charge in [-0.05, 0) is 25.1 Å². The van der Waals surface area contributed by atoms with Crippen LogP contribution in [0.25, 0.3) is 6.08 Å². The minimum Gasteiger partial charge on any atom is -0.507 e. The van der Waals surface area contributed by atoms with Gasteiger partial charge in [-0.2, -0.15) is 0 Å². The molecule has 0 unspecified atom stereocenters. The van der Waals surface area contributed by atoms with Crippen molar-refractivity contribution >= 4 is 40.7 Å². The third-order valence-corrected chi connectivity index (χ3v) is 2.85. The fourth-order valence-corrected chi connectivity index (χ4v) is 1.87. The highest BCUT2D eigenvalue weighted by atomic mass is 32.2. The largest absolute Gasteiger partial charge is 0.507 e. The second-order valence-corrected chi connectivity index (χ2v) is 4.59. The molecule has 1 aromatic carbocycles. The van der Waals surface area contributed by atoms with E-state index in [1.807, 2.05) is 6.92 Å². The van der Waals surface area contributed by atoms with Crippen molar-refractivity contribution in [3.63, 3.8) is 0 Å². The van der Waals surface area contributed by atoms with Crippen LogP contribution in [0.2, 0.25) is 0 Å². The highest BCUT2D eigenvalue weighted by molar-refractivity contribution is 8.24. The summed E-state index contributed by atoms with van der Waals surface area (Å²) in [5.74, 6) is -0.457. The Bertz CT molecular complexity index is 455. The molecule has 0 saturated carbocycles. The van der Waals surface area contributed by atoms with E-state index in [-0.39, 0.29) is 5.75 Å². The summed E-state index contributed by atoms with van der Waals surface area (Å²) in [7, 11) is 0. The van der Waals surface area contributed by atoms with Crippen molar-refractivity contribution < 1.29 is 9.90 Å². The summed E-state index contributed by atoms with van der Waals surface area (Å²) in [6, 6.07) is 5.12. The second kappa shape index (κ2) is 5.67. The van der Waals surface area contributed by atoms with Gasteiger partial charge in [0.1, 0.15) is 5.75 Å². The van der Waals surface area contributed by atoms with Crippen molar-refractivity contribution in [1.29, 1.82) is 0 Å². The maximum atomic E-state index is 11.1. The van der Waals surface area contributed by atoms with Gasteiger partial charge in [0.15, 0.2) is 0 Å². The number of hydrogen-bond acceptors (Lipinski definition) is 4. The quantitative estimate of drug-likeness (QED) is 0.638. The van der Waals surface area contributed by atoms with Crippen molar-refractivity contribution in [2.45, 2.75) is 6.92 Å². The zero-order valence-corrected chi connectivity index (χ0v) is 10.3. The second-order valence-electron chi connectivity index (χ2n) is 3.15. The molecule has 1 rings (SSSR count). The fourth-order valence-electron chi connectivity index (χ4n) is 1.15. The Kier molecular flexibility index (Phi) is 4.52. The molecule has 3 nitrogen and oxygen atoms in total. The average molecular weight is 253 g/mol. The molecule has 5 heteroatoms. The van der Waals surface area contributed by atoms with Gasteiger partial charge in [-0.25, -0.2) is 0 Å². The summed E-state index contributed by atoms with van der Waals surface area (Å²) in [4.78, 5) is 11.4. The van der Waals surface area contributed by atoms with Gasteiger partial charge in [0.25, 0.3) is 5.91 Å². The number of thiocarbonyl (C=S) groups is 1. The third-order valence-electron chi connectivity index (χ3n) is 1.89. The molecule has 84 valence electrons. The number of amides is 1. The Morgan fingerprint density at radius 1 is 1.56 bits per heavy atom. The van der Waals surface area contributed by atoms with Crippen LogP contribution in [0.4, 0.5) is 0 Å². The van der Waals surface area contributed by atoms with E-state index >= 15 is 0 Å². The third kappa shape index (κ3) is 3.36. The lowest BCUT2D eigenvalue weighted by Crippen LogP contribution is -2.11. The molecule has 1 amide bonds. The molecule has 0 saturated heterocycles. The number of phenolic OH excluding ortho intramolecular Hbond substituents is 1. The fraction of sp³-hybridized carbons (Fsp3) is 0.0909. The zero-order valence-electron chi connectivity index (χ0n) is 8.64. The Morgan fingerprint density at radius 2 is 2.25 bits per heavy atom. The van der Waals surface area contributed by atoms with Crippen molar-refractivity contribution in [1.82, 2.24) is 0 Å². The lowest BCUT2D eigenvalue weighted by molar-refractivity contribution is -0.113. The molecule has 16 heavy (non-hydrogen) atoms. The maximum absolute atomic E-state index is 11.1. The first-order valence-electron chi connectivity index (χ1n) is 4.46. The average Bonchev–Trinajstić information content (AvgIpc) is 2.22. The molecular formula is C11H11NO2S2. The minimum absolute atomic E-state index is 0.106. The maximum Gasteiger partial charge on any atom is 0.255 e. The van der Waals surface area contributed by atoms with Crippen LogP contribution >= 0.6 is 24.0 Å². The number of carbonyl (C=O) groups is 1. The van der Waals surface area contributed by atoms with Crippen LogP contribution in [0.3, 0.4) is 0 Å². The Hall–Kier alpha value is -1.33. The smallest absolute Gasteiger partial charge is 0.255 e. The summed E-state index contributed by atoms with van der Waals surface area (Å²) in [5.41, 5.74) is 6.72. The highest BCUT2D eigenvalue weighted by Crippen LogP contribution is 2.24. The number of primary amides is 1. The van der Waals surface area contributed by atoms with Crippen molar-refractivity contribution in [3.05, 3.63) is 34.2 Å². The van der Waals surface area contributed by atoms with Crippen LogP contribution in [0.5, 0.6) is 5.75 Å². The van der Waals surface area contributed by atoms with Gasteiger partial charge in [-0.1, -0.05) is 35.6 Å². The van der Waals surface area contributed by atoms with Crippen molar-refractivity contribution in [2.75, 3.05) is 0 Å². The number of thioether (sulfide) groups is 1. The van der Waals surface area contributed by atoms with Gasteiger partial charge < -0.3 is 10.8 Å². The molecule has 0 radical (unpaired) electrons. The van der Waals surface area contributed by atoms with Gasteiger partial charge in [-0.15, -0.1) is 0 Å². The minimum atomic E-state index is -0.563. The van der Waals surface area contributed by atoms with Gasteiger partial charge in [0, 0.05) is 10.3 Å². The van der Waals surface area contributed by atoms with E-state index < -0.39 is 5.91 Å². The Morgan fingerprint density at radius 3 is 2.81 bits per heavy atom. The number of hydrogen-bond donors (Lipinski definition) is 2. The molecule has 0 aliphatic heterocycles. The molecule has 0 bridgehead atoms. The molecule has 1 aromatic rings. The van der Waals surface area contributed by atoms with E-state index in [0.29, 0.717) is 10.5 Å². The van der Waals surface area contributed by atoms with Crippen molar-refractivity contribution in [2.24, 2.45) is 5.73 Å². The first-order valence-corrected chi connectivity index (χ1v) is 5.81. The van der Waals surface area contributed by atoms with E-state index in [1.54, 1.807) is 18.2 Å². The van der Waals surface area contributed by atoms with E-state index in [9.17, 15) is 9.90 Å². The van der Waals surface area contributed by atoms with Gasteiger partial charge in [0.05, 0.1) is 4.91 Å². The van der Waals surface area contributed by atoms with Crippen LogP contribution < -0.4 is 5.73 Å². The molecular weight excluding hydrogens is 242 g/mol. The molecule has 0 fully saturated rings. The zero-order chi connectivity index (χ0) is 12.1. The monoisotopic (exact) mass is 253 g/mol. The standard InChI is InChI=1S/C11H11NO2S2/c1-7-2-3-9(13)8(4-7)5-10(11(12)14)16-6-15/h2-6,13H,1H3,(H2,12,14)/b10-5-. The first-order chi connectivity index (χ1) is 7.54. The van der Waals surface area contributed by atoms with Crippen LogP contribution in [-0.2, 0) is 4.79 Å². The normalized spacial score (nSPS) is 11.2. The van der Waals surface area contributed by atoms with Crippen LogP contribution in [-0.4, -0.2) is 15.7 Å². The molecule has 0 spiro atoms. The topological polar surface area (TPSA) is 63.3 Å². The number of nitrogens with two attached hydrogens (primary N) is 1. The summed E-state index contributed by atoms with van der Waals surface area (Å²) >= 11 is 5.71. The van der Waals surface area contributed by atoms with E-state index in [4.69, 9.17) is 5.73 Å². The molecule has 0 aromatic heterocycles. The van der Waals surface area contributed by atoms with Gasteiger partial charge >= 0.3 is 0 Å². The highest BCUT2D eigenvalue weighted by Gasteiger charge is 2.06. The predicted octanol–water partition coefficient (Wildman–Crippen LogP) is 2.22. The lowest BCUT2D eigenvalue weighted by atomic mass is 10.1. The Balaban J connectivity index is 3.16. The summed E-state index contributed by atoms with van der Waals surface area (Å²) in [6.07, 6.45) is 1.53. The summed E-state index contributed by atoms with van der Waals surface area (Å²) in [5, 5.41) is 9.59. The Labute approximate surface area is 103 Å². The van der Waals surface area contributed by atoms with Crippen molar-refractivity contribution in [3.8, 4) is 5.75 Å². The van der Waals surface area contributed by atoms with Gasteiger partial charge in [0.2, 0.25) is 0 Å². The molecule has 0 aliphatic rings. The number of aryl methyl sites for hydroxylation is 1. The number of aromatic hydroxyl groups is 1. The van der Waals surface area contributed by atoms with E-state index in [2.05, 4.69) is 12.2 Å². The number of rotatable bonds is 4. The number of benzene rings is 1. The lowest BCUT2D eigenvalue weighted by Gasteiger charge is -2.03. The molecule has 0 aliphatic carbocycles. The van der Waals surface area contributed by atoms with Crippen LogP contribution in [0, 0.1) is 6.92 Å². The number of carbonyl (C=O) groups excluding carboxylic acids is 1. The van der Waals surface area contributed by atoms with E-state index in [1.165, 1.54) is 10.8 Å². The number of phenols is 1. The SMILES string of the molecule is Cc1ccc(O)c(/C=C(\SC=S)C(N)=O)c1. The molecule has 3 N–H and O–H groups in total. The first kappa shape index (κ1) is 12.7. The molecule has 0 heterocycles. The summed E-state index contributed by atoms with van der Waals surface area (Å²) < 4.78 is 1.35. The summed E-state index contributed by atoms with van der Waals surface area (Å²) in [6.45, 7) is 1.90. The van der Waals surface area contributed by atoms with Crippen LogP contribution in [0.15, 0.2) is 23.1 Å². The van der Waals surface area contributed by atoms with E-state index in [0.717, 1.165) is 17.3 Å².